The normalized spacial score (nSPS) is 13.1. The molecule has 2 aromatic carbocycles. The molecule has 0 aromatic heterocycles. The minimum Gasteiger partial charge on any atom is -0.489 e. The van der Waals surface area contributed by atoms with Gasteiger partial charge < -0.3 is 19.7 Å². The fourth-order valence-corrected chi connectivity index (χ4v) is 3.05. The quantitative estimate of drug-likeness (QED) is 0.753. The molecule has 0 aliphatic carbocycles. The van der Waals surface area contributed by atoms with Crippen LogP contribution in [0.2, 0.25) is 5.02 Å². The Balaban J connectivity index is 1.59. The zero-order chi connectivity index (χ0) is 20.8. The number of benzene rings is 2. The zero-order valence-electron chi connectivity index (χ0n) is 16.4. The summed E-state index contributed by atoms with van der Waals surface area (Å²) in [7, 11) is 1.57. The molecule has 3 rings (SSSR count). The van der Waals surface area contributed by atoms with Gasteiger partial charge in [-0.25, -0.2) is 0 Å². The largest absolute Gasteiger partial charge is 0.489 e. The van der Waals surface area contributed by atoms with Crippen molar-refractivity contribution >= 4 is 35.2 Å². The van der Waals surface area contributed by atoms with Crippen LogP contribution in [-0.4, -0.2) is 43.5 Å². The lowest BCUT2D eigenvalue weighted by Gasteiger charge is -2.15. The Morgan fingerprint density at radius 3 is 2.66 bits per heavy atom. The van der Waals surface area contributed by atoms with Crippen molar-refractivity contribution in [3.05, 3.63) is 58.6 Å². The highest BCUT2D eigenvalue weighted by Crippen LogP contribution is 2.38. The maximum Gasteiger partial charge on any atom is 0.246 e. The van der Waals surface area contributed by atoms with E-state index in [9.17, 15) is 9.59 Å². The van der Waals surface area contributed by atoms with Gasteiger partial charge in [0.25, 0.3) is 0 Å². The van der Waals surface area contributed by atoms with E-state index in [1.165, 1.54) is 11.0 Å². The van der Waals surface area contributed by atoms with Crippen molar-refractivity contribution in [2.24, 2.45) is 0 Å². The molecule has 6 nitrogen and oxygen atoms in total. The summed E-state index contributed by atoms with van der Waals surface area (Å²) in [6.07, 6.45) is 3.82. The molecule has 0 atom stereocenters. The minimum atomic E-state index is -0.299. The van der Waals surface area contributed by atoms with Gasteiger partial charge in [-0.2, -0.15) is 0 Å². The van der Waals surface area contributed by atoms with Gasteiger partial charge >= 0.3 is 0 Å². The third kappa shape index (κ3) is 5.74. The van der Waals surface area contributed by atoms with Gasteiger partial charge in [-0.05, 0) is 42.8 Å². The molecule has 0 radical (unpaired) electrons. The number of hydrogen-bond acceptors (Lipinski definition) is 4. The van der Waals surface area contributed by atoms with E-state index in [2.05, 4.69) is 5.32 Å². The molecule has 2 aromatic rings. The fraction of sp³-hybridized carbons (Fsp3) is 0.273. The highest BCUT2D eigenvalue weighted by atomic mass is 35.5. The number of nitrogens with zero attached hydrogens (tertiary/aromatic N) is 1. The second-order valence-electron chi connectivity index (χ2n) is 6.82. The lowest BCUT2D eigenvalue weighted by molar-refractivity contribution is -0.129. The minimum absolute atomic E-state index is 0.0566. The third-order valence-electron chi connectivity index (χ3n) is 4.34. The van der Waals surface area contributed by atoms with E-state index in [0.29, 0.717) is 41.0 Å². The van der Waals surface area contributed by atoms with Gasteiger partial charge in [0.05, 0.1) is 24.8 Å². The van der Waals surface area contributed by atoms with Gasteiger partial charge in [-0.15, -0.1) is 0 Å². The predicted molar refractivity (Wildman–Crippen MR) is 114 cm³/mol. The van der Waals surface area contributed by atoms with Crippen LogP contribution in [0.5, 0.6) is 11.5 Å². The first-order chi connectivity index (χ1) is 13.9. The lowest BCUT2D eigenvalue weighted by Crippen LogP contribution is -2.33. The second-order valence-corrected chi connectivity index (χ2v) is 7.23. The third-order valence-corrected chi connectivity index (χ3v) is 4.62. The Bertz CT molecular complexity index is 925. The van der Waals surface area contributed by atoms with Gasteiger partial charge in [-0.1, -0.05) is 29.3 Å². The van der Waals surface area contributed by atoms with Crippen molar-refractivity contribution in [2.75, 3.05) is 32.1 Å². The maximum absolute atomic E-state index is 12.3. The van der Waals surface area contributed by atoms with Crippen molar-refractivity contribution in [3.63, 3.8) is 0 Å². The highest BCUT2D eigenvalue weighted by molar-refractivity contribution is 6.32. The highest BCUT2D eigenvalue weighted by Gasteiger charge is 2.15. The van der Waals surface area contributed by atoms with Crippen LogP contribution in [0.4, 0.5) is 5.69 Å². The van der Waals surface area contributed by atoms with E-state index in [4.69, 9.17) is 21.1 Å². The summed E-state index contributed by atoms with van der Waals surface area (Å²) in [5, 5.41) is 3.20. The van der Waals surface area contributed by atoms with Crippen molar-refractivity contribution < 1.29 is 19.1 Å². The standard InChI is InChI=1S/C22H23ClN2O4/c1-15-4-7-17(8-5-15)24-20(26)14-25(2)21(27)9-6-16-12-18(23)22-19(13-16)28-10-3-11-29-22/h4-9,12-13H,3,10-11,14H2,1-2H3,(H,24,26)/b9-6+. The monoisotopic (exact) mass is 414 g/mol. The van der Waals surface area contributed by atoms with Gasteiger partial charge in [-0.3, -0.25) is 9.59 Å². The van der Waals surface area contributed by atoms with Crippen molar-refractivity contribution in [1.82, 2.24) is 4.90 Å². The molecule has 0 bridgehead atoms. The molecule has 0 unspecified atom stereocenters. The van der Waals surface area contributed by atoms with Gasteiger partial charge in [0, 0.05) is 25.2 Å². The SMILES string of the molecule is Cc1ccc(NC(=O)CN(C)C(=O)/C=C/c2cc(Cl)c3c(c2)OCCCO3)cc1. The molecular weight excluding hydrogens is 392 g/mol. The summed E-state index contributed by atoms with van der Waals surface area (Å²) in [6, 6.07) is 11.0. The number of carbonyl (C=O) groups is 2. The lowest BCUT2D eigenvalue weighted by atomic mass is 10.2. The molecule has 152 valence electrons. The maximum atomic E-state index is 12.3. The molecule has 1 heterocycles. The van der Waals surface area contributed by atoms with Crippen molar-refractivity contribution in [3.8, 4) is 11.5 Å². The molecule has 2 amide bonds. The van der Waals surface area contributed by atoms with Gasteiger partial charge in [0.15, 0.2) is 11.5 Å². The number of halogens is 1. The number of nitrogens with one attached hydrogen (secondary N) is 1. The summed E-state index contributed by atoms with van der Waals surface area (Å²) >= 11 is 6.27. The Kier molecular flexibility index (Phi) is 6.77. The van der Waals surface area contributed by atoms with Crippen LogP contribution in [0.25, 0.3) is 6.08 Å². The van der Waals surface area contributed by atoms with Crippen molar-refractivity contribution in [2.45, 2.75) is 13.3 Å². The molecule has 0 spiro atoms. The number of likely N-dealkylation sites (N-methyl/N-ethyl adjacent to an activating group) is 1. The number of amides is 2. The topological polar surface area (TPSA) is 67.9 Å². The van der Waals surface area contributed by atoms with Crippen LogP contribution in [0.15, 0.2) is 42.5 Å². The summed E-state index contributed by atoms with van der Waals surface area (Å²) in [6.45, 7) is 3.02. The van der Waals surface area contributed by atoms with Gasteiger partial charge in [0.2, 0.25) is 11.8 Å². The average molecular weight is 415 g/mol. The zero-order valence-corrected chi connectivity index (χ0v) is 17.2. The van der Waals surface area contributed by atoms with Crippen molar-refractivity contribution in [1.29, 1.82) is 0 Å². The Labute approximate surface area is 175 Å². The van der Waals surface area contributed by atoms with Crippen LogP contribution in [0.3, 0.4) is 0 Å². The first kappa shape index (κ1) is 20.7. The predicted octanol–water partition coefficient (Wildman–Crippen LogP) is 3.92. The molecule has 1 aliphatic heterocycles. The number of rotatable bonds is 5. The first-order valence-electron chi connectivity index (χ1n) is 9.31. The van der Waals surface area contributed by atoms with Crippen LogP contribution >= 0.6 is 11.6 Å². The van der Waals surface area contributed by atoms with Crippen LogP contribution in [0.1, 0.15) is 17.5 Å². The summed E-state index contributed by atoms with van der Waals surface area (Å²) < 4.78 is 11.2. The molecule has 0 saturated carbocycles. The molecule has 1 aliphatic rings. The summed E-state index contributed by atoms with van der Waals surface area (Å²) in [4.78, 5) is 25.8. The van der Waals surface area contributed by atoms with E-state index in [1.54, 1.807) is 25.3 Å². The van der Waals surface area contributed by atoms with E-state index < -0.39 is 0 Å². The van der Waals surface area contributed by atoms with Crippen LogP contribution < -0.4 is 14.8 Å². The number of hydrogen-bond donors (Lipinski definition) is 1. The van der Waals surface area contributed by atoms with E-state index in [1.807, 2.05) is 31.2 Å². The number of ether oxygens (including phenoxy) is 2. The number of anilines is 1. The van der Waals surface area contributed by atoms with E-state index in [-0.39, 0.29) is 18.4 Å². The molecular formula is C22H23ClN2O4. The smallest absolute Gasteiger partial charge is 0.246 e. The van der Waals surface area contributed by atoms with Gasteiger partial charge in [0.1, 0.15) is 0 Å². The molecule has 29 heavy (non-hydrogen) atoms. The second kappa shape index (κ2) is 9.47. The Morgan fingerprint density at radius 2 is 1.90 bits per heavy atom. The molecule has 0 saturated heterocycles. The first-order valence-corrected chi connectivity index (χ1v) is 9.69. The van der Waals surface area contributed by atoms with Crippen LogP contribution in [0, 0.1) is 6.92 Å². The van der Waals surface area contributed by atoms with Crippen LogP contribution in [-0.2, 0) is 9.59 Å². The number of fused-ring (bicyclic) bond motifs is 1. The Hall–Kier alpha value is -2.99. The van der Waals surface area contributed by atoms with E-state index >= 15 is 0 Å². The molecule has 1 N–H and O–H groups in total. The number of aryl methyl sites for hydroxylation is 1. The molecule has 7 heteroatoms. The Morgan fingerprint density at radius 1 is 1.17 bits per heavy atom. The summed E-state index contributed by atoms with van der Waals surface area (Å²) in [5.74, 6) is 0.523. The summed E-state index contributed by atoms with van der Waals surface area (Å²) in [5.41, 5.74) is 2.51. The fourth-order valence-electron chi connectivity index (χ4n) is 2.77. The average Bonchev–Trinajstić information content (AvgIpc) is 2.93. The molecule has 0 fully saturated rings. The van der Waals surface area contributed by atoms with E-state index in [0.717, 1.165) is 12.0 Å². The number of carbonyl (C=O) groups excluding carboxylic acids is 2.